The summed E-state index contributed by atoms with van der Waals surface area (Å²) in [6, 6.07) is 16.2. The van der Waals surface area contributed by atoms with Gasteiger partial charge in [-0.25, -0.2) is 9.97 Å². The molecule has 0 aliphatic carbocycles. The van der Waals surface area contributed by atoms with Gasteiger partial charge >= 0.3 is 0 Å². The summed E-state index contributed by atoms with van der Waals surface area (Å²) in [6.45, 7) is 3.59. The number of carbonyl (C=O) groups excluding carboxylic acids is 1. The molecule has 1 amide bonds. The third-order valence-electron chi connectivity index (χ3n) is 4.96. The summed E-state index contributed by atoms with van der Waals surface area (Å²) in [7, 11) is 0. The van der Waals surface area contributed by atoms with E-state index in [0.717, 1.165) is 40.3 Å². The maximum Gasteiger partial charge on any atom is 0.233 e. The van der Waals surface area contributed by atoms with Crippen LogP contribution in [0, 0.1) is 0 Å². The Hall–Kier alpha value is -2.70. The van der Waals surface area contributed by atoms with Crippen LogP contribution >= 0.6 is 23.7 Å². The molecule has 4 aromatic rings. The molecule has 0 N–H and O–H groups in total. The quantitative estimate of drug-likeness (QED) is 0.381. The van der Waals surface area contributed by atoms with E-state index >= 15 is 0 Å². The van der Waals surface area contributed by atoms with Gasteiger partial charge in [0.2, 0.25) is 5.91 Å². The van der Waals surface area contributed by atoms with Crippen LogP contribution in [0.2, 0.25) is 0 Å². The molecule has 0 saturated heterocycles. The number of thiazole rings is 1. The molecule has 7 heteroatoms. The van der Waals surface area contributed by atoms with Crippen LogP contribution in [0.1, 0.15) is 24.5 Å². The van der Waals surface area contributed by atoms with Crippen LogP contribution in [0.25, 0.3) is 10.2 Å². The molecule has 0 aliphatic rings. The molecule has 0 spiro atoms. The van der Waals surface area contributed by atoms with Gasteiger partial charge in [-0.1, -0.05) is 60.7 Å². The van der Waals surface area contributed by atoms with Crippen LogP contribution in [0.5, 0.6) is 0 Å². The van der Waals surface area contributed by atoms with Gasteiger partial charge in [-0.15, -0.1) is 12.4 Å². The fraction of sp³-hybridized carbons (Fsp3) is 0.261. The Morgan fingerprint density at radius 2 is 1.97 bits per heavy atom. The van der Waals surface area contributed by atoms with Crippen molar-refractivity contribution in [2.24, 2.45) is 0 Å². The lowest BCUT2D eigenvalue weighted by Gasteiger charge is -2.20. The summed E-state index contributed by atoms with van der Waals surface area (Å²) in [6.07, 6.45) is 7.68. The van der Waals surface area contributed by atoms with E-state index in [0.29, 0.717) is 13.0 Å². The van der Waals surface area contributed by atoms with Gasteiger partial charge in [0.1, 0.15) is 0 Å². The van der Waals surface area contributed by atoms with E-state index in [4.69, 9.17) is 4.98 Å². The Kier molecular flexibility index (Phi) is 7.60. The Balaban J connectivity index is 0.00000256. The number of fused-ring (bicyclic) bond motifs is 1. The van der Waals surface area contributed by atoms with Crippen LogP contribution in [-0.2, 0) is 24.2 Å². The number of rotatable bonds is 8. The average Bonchev–Trinajstić information content (AvgIpc) is 3.41. The second kappa shape index (κ2) is 10.4. The molecule has 2 heterocycles. The van der Waals surface area contributed by atoms with Gasteiger partial charge < -0.3 is 4.57 Å². The Bertz CT molecular complexity index is 1080. The number of nitrogens with zero attached hydrogens (tertiary/aromatic N) is 4. The highest BCUT2D eigenvalue weighted by molar-refractivity contribution is 7.22. The Labute approximate surface area is 186 Å². The van der Waals surface area contributed by atoms with Crippen molar-refractivity contribution >= 4 is 45.0 Å². The monoisotopic (exact) mass is 440 g/mol. The van der Waals surface area contributed by atoms with Gasteiger partial charge in [-0.3, -0.25) is 9.69 Å². The van der Waals surface area contributed by atoms with Crippen molar-refractivity contribution in [2.75, 3.05) is 11.4 Å². The minimum absolute atomic E-state index is 0. The number of aryl methyl sites for hydroxylation is 2. The molecule has 0 radical (unpaired) electrons. The van der Waals surface area contributed by atoms with Crippen molar-refractivity contribution in [1.82, 2.24) is 14.5 Å². The van der Waals surface area contributed by atoms with E-state index in [2.05, 4.69) is 30.1 Å². The molecule has 4 rings (SSSR count). The molecular formula is C23H25ClN4OS. The van der Waals surface area contributed by atoms with Gasteiger partial charge in [0.25, 0.3) is 0 Å². The van der Waals surface area contributed by atoms with E-state index in [1.54, 1.807) is 23.9 Å². The number of hydrogen-bond acceptors (Lipinski definition) is 4. The first kappa shape index (κ1) is 22.0. The second-order valence-corrected chi connectivity index (χ2v) is 7.98. The zero-order valence-corrected chi connectivity index (χ0v) is 18.5. The first-order chi connectivity index (χ1) is 14.2. The fourth-order valence-electron chi connectivity index (χ4n) is 3.42. The summed E-state index contributed by atoms with van der Waals surface area (Å²) < 4.78 is 3.17. The lowest BCUT2D eigenvalue weighted by Crippen LogP contribution is -2.33. The largest absolute Gasteiger partial charge is 0.337 e. The van der Waals surface area contributed by atoms with Gasteiger partial charge in [0.05, 0.1) is 23.0 Å². The SMILES string of the molecule is CCc1cccc2sc(N(CCCn3ccnc3)C(=O)Cc3ccccc3)nc12.Cl. The minimum Gasteiger partial charge on any atom is -0.337 e. The molecule has 0 saturated carbocycles. The molecule has 0 fully saturated rings. The van der Waals surface area contributed by atoms with Crippen LogP contribution in [-0.4, -0.2) is 27.0 Å². The topological polar surface area (TPSA) is 51.0 Å². The number of halogens is 1. The van der Waals surface area contributed by atoms with Crippen LogP contribution < -0.4 is 4.90 Å². The lowest BCUT2D eigenvalue weighted by atomic mass is 10.1. The standard InChI is InChI=1S/C23H24N4OS.ClH/c1-2-19-10-6-11-20-22(19)25-23(29-20)27(14-7-13-26-15-12-24-17-26)21(28)16-18-8-4-3-5-9-18;/h3-6,8-12,15,17H,2,7,13-14,16H2,1H3;1H. The molecular weight excluding hydrogens is 416 g/mol. The average molecular weight is 441 g/mol. The van der Waals surface area contributed by atoms with E-state index in [1.165, 1.54) is 5.56 Å². The molecule has 2 aromatic heterocycles. The number of benzene rings is 2. The van der Waals surface area contributed by atoms with E-state index in [9.17, 15) is 4.79 Å². The summed E-state index contributed by atoms with van der Waals surface area (Å²) in [5.41, 5.74) is 3.26. The highest BCUT2D eigenvalue weighted by atomic mass is 35.5. The zero-order valence-electron chi connectivity index (χ0n) is 16.9. The predicted octanol–water partition coefficient (Wildman–Crippen LogP) is 5.14. The number of aromatic nitrogens is 3. The van der Waals surface area contributed by atoms with Crippen molar-refractivity contribution < 1.29 is 4.79 Å². The number of anilines is 1. The highest BCUT2D eigenvalue weighted by Crippen LogP contribution is 2.31. The fourth-order valence-corrected chi connectivity index (χ4v) is 4.47. The molecule has 156 valence electrons. The summed E-state index contributed by atoms with van der Waals surface area (Å²) in [5, 5.41) is 0.785. The van der Waals surface area contributed by atoms with Gasteiger partial charge in [-0.05, 0) is 30.0 Å². The van der Waals surface area contributed by atoms with Crippen molar-refractivity contribution in [3.05, 3.63) is 78.4 Å². The van der Waals surface area contributed by atoms with Crippen molar-refractivity contribution in [3.63, 3.8) is 0 Å². The Morgan fingerprint density at radius 1 is 1.13 bits per heavy atom. The molecule has 30 heavy (non-hydrogen) atoms. The number of carbonyl (C=O) groups is 1. The first-order valence-corrected chi connectivity index (χ1v) is 10.7. The number of amides is 1. The van der Waals surface area contributed by atoms with Crippen LogP contribution in [0.3, 0.4) is 0 Å². The zero-order chi connectivity index (χ0) is 20.1. The minimum atomic E-state index is 0. The highest BCUT2D eigenvalue weighted by Gasteiger charge is 2.20. The van der Waals surface area contributed by atoms with Gasteiger partial charge in [-0.2, -0.15) is 0 Å². The third-order valence-corrected chi connectivity index (χ3v) is 6.00. The molecule has 0 atom stereocenters. The van der Waals surface area contributed by atoms with E-state index < -0.39 is 0 Å². The van der Waals surface area contributed by atoms with Crippen molar-refractivity contribution in [3.8, 4) is 0 Å². The Morgan fingerprint density at radius 3 is 2.70 bits per heavy atom. The van der Waals surface area contributed by atoms with Crippen LogP contribution in [0.4, 0.5) is 5.13 Å². The first-order valence-electron chi connectivity index (χ1n) is 9.93. The number of hydrogen-bond donors (Lipinski definition) is 0. The van der Waals surface area contributed by atoms with E-state index in [1.807, 2.05) is 46.0 Å². The smallest absolute Gasteiger partial charge is 0.233 e. The van der Waals surface area contributed by atoms with E-state index in [-0.39, 0.29) is 18.3 Å². The number of imidazole rings is 1. The van der Waals surface area contributed by atoms with Crippen molar-refractivity contribution in [1.29, 1.82) is 0 Å². The molecule has 0 aliphatic heterocycles. The third kappa shape index (κ3) is 5.07. The second-order valence-electron chi connectivity index (χ2n) is 6.98. The maximum atomic E-state index is 13.2. The summed E-state index contributed by atoms with van der Waals surface area (Å²) >= 11 is 1.60. The molecule has 2 aromatic carbocycles. The van der Waals surface area contributed by atoms with Crippen LogP contribution in [0.15, 0.2) is 67.3 Å². The van der Waals surface area contributed by atoms with Crippen molar-refractivity contribution in [2.45, 2.75) is 32.7 Å². The summed E-state index contributed by atoms with van der Waals surface area (Å²) in [4.78, 5) is 24.0. The number of para-hydroxylation sites is 1. The molecule has 0 bridgehead atoms. The van der Waals surface area contributed by atoms with Gasteiger partial charge in [0.15, 0.2) is 5.13 Å². The van der Waals surface area contributed by atoms with Gasteiger partial charge in [0, 0.05) is 25.5 Å². The summed E-state index contributed by atoms with van der Waals surface area (Å²) in [5.74, 6) is 0.0823. The normalized spacial score (nSPS) is 10.7. The molecule has 0 unspecified atom stereocenters. The molecule has 5 nitrogen and oxygen atoms in total. The maximum absolute atomic E-state index is 13.2. The lowest BCUT2D eigenvalue weighted by molar-refractivity contribution is -0.118. The predicted molar refractivity (Wildman–Crippen MR) is 126 cm³/mol.